The summed E-state index contributed by atoms with van der Waals surface area (Å²) in [6, 6.07) is 5.91. The summed E-state index contributed by atoms with van der Waals surface area (Å²) in [5.74, 6) is -1.12. The Hall–Kier alpha value is -2.14. The predicted octanol–water partition coefficient (Wildman–Crippen LogP) is 0.0197. The van der Waals surface area contributed by atoms with Gasteiger partial charge in [0, 0.05) is 11.1 Å². The number of carbonyl (C=O) groups is 2. The van der Waals surface area contributed by atoms with Crippen molar-refractivity contribution in [3.63, 3.8) is 0 Å². The highest BCUT2D eigenvalue weighted by Crippen LogP contribution is 2.04. The molecule has 0 bridgehead atoms. The monoisotopic (exact) mass is 220 g/mol. The van der Waals surface area contributed by atoms with Gasteiger partial charge < -0.3 is 16.2 Å². The van der Waals surface area contributed by atoms with Gasteiger partial charge in [-0.25, -0.2) is 0 Å². The average Bonchev–Trinajstić information content (AvgIpc) is 2.28. The molecule has 84 valence electrons. The largest absolute Gasteiger partial charge is 0.370 e. The number of nitrogens with two attached hydrogens (primary N) is 1. The molecule has 0 aliphatic carbocycles. The maximum Gasteiger partial charge on any atom is 0.253 e. The molecule has 4 N–H and O–H groups in total. The van der Waals surface area contributed by atoms with Crippen LogP contribution in [0.1, 0.15) is 20.7 Å². The smallest absolute Gasteiger partial charge is 0.253 e. The Bertz CT molecular complexity index is 429. The van der Waals surface area contributed by atoms with E-state index in [1.165, 1.54) is 30.3 Å². The molecular formula is C11H12N2O3. The second-order valence-corrected chi connectivity index (χ2v) is 3.10. The topological polar surface area (TPSA) is 92.4 Å². The van der Waals surface area contributed by atoms with E-state index in [1.807, 2.05) is 0 Å². The molecule has 1 aromatic rings. The standard InChI is InChI=1S/C11H12N2O3/c1-2-9(14)13-11(16)8-5-3-4-7(6-8)10(12)15/h2-6,9,14H,1H2,(H2,12,15)(H,13,16). The van der Waals surface area contributed by atoms with Crippen molar-refractivity contribution in [1.82, 2.24) is 5.32 Å². The zero-order valence-electron chi connectivity index (χ0n) is 8.51. The number of nitrogens with one attached hydrogen (secondary N) is 1. The van der Waals surface area contributed by atoms with Crippen molar-refractivity contribution < 1.29 is 14.7 Å². The zero-order chi connectivity index (χ0) is 12.1. The second-order valence-electron chi connectivity index (χ2n) is 3.10. The minimum Gasteiger partial charge on any atom is -0.370 e. The molecule has 0 fully saturated rings. The number of carbonyl (C=O) groups excluding carboxylic acids is 2. The van der Waals surface area contributed by atoms with Crippen molar-refractivity contribution in [2.45, 2.75) is 6.23 Å². The first-order valence-corrected chi connectivity index (χ1v) is 4.56. The van der Waals surface area contributed by atoms with Gasteiger partial charge in [0.15, 0.2) is 0 Å². The fraction of sp³-hybridized carbons (Fsp3) is 0.0909. The molecule has 5 heteroatoms. The number of benzene rings is 1. The number of aliphatic hydroxyl groups is 1. The third-order valence-corrected chi connectivity index (χ3v) is 1.91. The fourth-order valence-corrected chi connectivity index (χ4v) is 1.09. The summed E-state index contributed by atoms with van der Waals surface area (Å²) in [7, 11) is 0. The third kappa shape index (κ3) is 2.93. The molecule has 0 heterocycles. The van der Waals surface area contributed by atoms with E-state index in [2.05, 4.69) is 11.9 Å². The number of amides is 2. The summed E-state index contributed by atoms with van der Waals surface area (Å²) in [5, 5.41) is 11.4. The van der Waals surface area contributed by atoms with E-state index >= 15 is 0 Å². The molecular weight excluding hydrogens is 208 g/mol. The Morgan fingerprint density at radius 2 is 2.06 bits per heavy atom. The van der Waals surface area contributed by atoms with Crippen molar-refractivity contribution in [3.8, 4) is 0 Å². The highest BCUT2D eigenvalue weighted by Gasteiger charge is 2.10. The number of hydrogen-bond acceptors (Lipinski definition) is 3. The molecule has 0 aromatic heterocycles. The second kappa shape index (κ2) is 5.09. The summed E-state index contributed by atoms with van der Waals surface area (Å²) in [6.45, 7) is 3.31. The van der Waals surface area contributed by atoms with Crippen LogP contribution in [0.2, 0.25) is 0 Å². The molecule has 0 spiro atoms. The molecule has 0 saturated heterocycles. The summed E-state index contributed by atoms with van der Waals surface area (Å²) < 4.78 is 0. The van der Waals surface area contributed by atoms with Crippen LogP contribution < -0.4 is 11.1 Å². The summed E-state index contributed by atoms with van der Waals surface area (Å²) in [5.41, 5.74) is 5.56. The maximum atomic E-state index is 11.5. The number of hydrogen-bond donors (Lipinski definition) is 3. The Balaban J connectivity index is 2.87. The van der Waals surface area contributed by atoms with Crippen LogP contribution in [0.4, 0.5) is 0 Å². The van der Waals surface area contributed by atoms with Crippen molar-refractivity contribution >= 4 is 11.8 Å². The first-order valence-electron chi connectivity index (χ1n) is 4.56. The quantitative estimate of drug-likeness (QED) is 0.493. The number of rotatable bonds is 4. The van der Waals surface area contributed by atoms with E-state index in [4.69, 9.17) is 10.8 Å². The van der Waals surface area contributed by atoms with E-state index in [0.717, 1.165) is 0 Å². The molecule has 0 aliphatic rings. The third-order valence-electron chi connectivity index (χ3n) is 1.91. The molecule has 2 amide bonds. The normalized spacial score (nSPS) is 11.6. The first-order chi connectivity index (χ1) is 7.54. The Morgan fingerprint density at radius 3 is 2.62 bits per heavy atom. The molecule has 1 rings (SSSR count). The molecule has 0 radical (unpaired) electrons. The summed E-state index contributed by atoms with van der Waals surface area (Å²) in [6.07, 6.45) is 0.0558. The van der Waals surface area contributed by atoms with E-state index in [9.17, 15) is 9.59 Å². The van der Waals surface area contributed by atoms with Crippen LogP contribution in [-0.2, 0) is 0 Å². The zero-order valence-corrected chi connectivity index (χ0v) is 8.51. The minimum atomic E-state index is -1.12. The van der Waals surface area contributed by atoms with Crippen LogP contribution in [0.25, 0.3) is 0 Å². The Morgan fingerprint density at radius 1 is 1.44 bits per heavy atom. The van der Waals surface area contributed by atoms with Gasteiger partial charge in [-0.2, -0.15) is 0 Å². The highest BCUT2D eigenvalue weighted by molar-refractivity contribution is 5.99. The summed E-state index contributed by atoms with van der Waals surface area (Å²) in [4.78, 5) is 22.4. The SMILES string of the molecule is C=CC(O)NC(=O)c1cccc(C(N)=O)c1. The van der Waals surface area contributed by atoms with Gasteiger partial charge in [-0.15, -0.1) is 0 Å². The highest BCUT2D eigenvalue weighted by atomic mass is 16.3. The molecule has 1 atom stereocenters. The lowest BCUT2D eigenvalue weighted by atomic mass is 10.1. The van der Waals surface area contributed by atoms with Crippen LogP contribution in [-0.4, -0.2) is 23.1 Å². The van der Waals surface area contributed by atoms with Crippen molar-refractivity contribution in [2.24, 2.45) is 5.73 Å². The molecule has 0 aliphatic heterocycles. The van der Waals surface area contributed by atoms with Gasteiger partial charge in [-0.05, 0) is 24.3 Å². The fourth-order valence-electron chi connectivity index (χ4n) is 1.09. The van der Waals surface area contributed by atoms with Gasteiger partial charge >= 0.3 is 0 Å². The van der Waals surface area contributed by atoms with Gasteiger partial charge in [0.1, 0.15) is 6.23 Å². The lowest BCUT2D eigenvalue weighted by Gasteiger charge is -2.08. The Kier molecular flexibility index (Phi) is 3.79. The Labute approximate surface area is 92.6 Å². The lowest BCUT2D eigenvalue weighted by molar-refractivity contribution is 0.0855. The molecule has 1 aromatic carbocycles. The van der Waals surface area contributed by atoms with Gasteiger partial charge in [-0.3, -0.25) is 9.59 Å². The number of primary amides is 1. The first kappa shape index (κ1) is 11.9. The van der Waals surface area contributed by atoms with Crippen molar-refractivity contribution in [1.29, 1.82) is 0 Å². The van der Waals surface area contributed by atoms with E-state index < -0.39 is 18.0 Å². The van der Waals surface area contributed by atoms with E-state index in [1.54, 1.807) is 0 Å². The van der Waals surface area contributed by atoms with E-state index in [-0.39, 0.29) is 11.1 Å². The number of aliphatic hydroxyl groups excluding tert-OH is 1. The lowest BCUT2D eigenvalue weighted by Crippen LogP contribution is -2.33. The van der Waals surface area contributed by atoms with Gasteiger partial charge in [-0.1, -0.05) is 12.6 Å². The van der Waals surface area contributed by atoms with Crippen LogP contribution >= 0.6 is 0 Å². The van der Waals surface area contributed by atoms with Crippen molar-refractivity contribution in [2.75, 3.05) is 0 Å². The van der Waals surface area contributed by atoms with Crippen LogP contribution in [0, 0.1) is 0 Å². The molecule has 1 unspecified atom stereocenters. The maximum absolute atomic E-state index is 11.5. The molecule has 5 nitrogen and oxygen atoms in total. The predicted molar refractivity (Wildman–Crippen MR) is 58.6 cm³/mol. The van der Waals surface area contributed by atoms with Gasteiger partial charge in [0.25, 0.3) is 5.91 Å². The minimum absolute atomic E-state index is 0.237. The van der Waals surface area contributed by atoms with Gasteiger partial charge in [0.05, 0.1) is 0 Å². The average molecular weight is 220 g/mol. The van der Waals surface area contributed by atoms with E-state index in [0.29, 0.717) is 0 Å². The molecule has 16 heavy (non-hydrogen) atoms. The van der Waals surface area contributed by atoms with Crippen molar-refractivity contribution in [3.05, 3.63) is 48.0 Å². The van der Waals surface area contributed by atoms with Crippen LogP contribution in [0.3, 0.4) is 0 Å². The summed E-state index contributed by atoms with van der Waals surface area (Å²) >= 11 is 0. The molecule has 0 saturated carbocycles. The van der Waals surface area contributed by atoms with Crippen LogP contribution in [0.15, 0.2) is 36.9 Å². The van der Waals surface area contributed by atoms with Gasteiger partial charge in [0.2, 0.25) is 5.91 Å². The van der Waals surface area contributed by atoms with Crippen LogP contribution in [0.5, 0.6) is 0 Å².